The number of carbonyl (C=O) groups is 2. The van der Waals surface area contributed by atoms with E-state index in [4.69, 9.17) is 9.47 Å². The Morgan fingerprint density at radius 3 is 2.13 bits per heavy atom. The molecule has 9 nitrogen and oxygen atoms in total. The molecule has 0 radical (unpaired) electrons. The van der Waals surface area contributed by atoms with Gasteiger partial charge in [0.15, 0.2) is 11.5 Å². The van der Waals surface area contributed by atoms with E-state index in [2.05, 4.69) is 5.32 Å². The first-order chi connectivity index (χ1) is 21.6. The van der Waals surface area contributed by atoms with Crippen LogP contribution in [0.3, 0.4) is 0 Å². The first-order valence-electron chi connectivity index (χ1n) is 14.2. The zero-order valence-corrected chi connectivity index (χ0v) is 26.4. The monoisotopic (exact) mass is 633 g/mol. The van der Waals surface area contributed by atoms with Gasteiger partial charge in [0.1, 0.15) is 18.4 Å². The molecule has 0 aliphatic rings. The maximum atomic E-state index is 14.9. The van der Waals surface area contributed by atoms with Crippen molar-refractivity contribution in [1.82, 2.24) is 10.2 Å². The second-order valence-electron chi connectivity index (χ2n) is 10.3. The molecule has 0 heterocycles. The van der Waals surface area contributed by atoms with E-state index >= 15 is 0 Å². The van der Waals surface area contributed by atoms with Crippen molar-refractivity contribution < 1.29 is 31.9 Å². The highest BCUT2D eigenvalue weighted by Crippen LogP contribution is 2.34. The fourth-order valence-electron chi connectivity index (χ4n) is 4.88. The van der Waals surface area contributed by atoms with Gasteiger partial charge in [-0.1, -0.05) is 66.2 Å². The predicted octanol–water partition coefficient (Wildman–Crippen LogP) is 4.73. The van der Waals surface area contributed by atoms with E-state index in [-0.39, 0.29) is 34.9 Å². The fraction of sp³-hybridized carbons (Fsp3) is 0.235. The molecule has 0 fully saturated rings. The average molecular weight is 634 g/mol. The Kier molecular flexibility index (Phi) is 10.8. The smallest absolute Gasteiger partial charge is 0.264 e. The number of aryl methyl sites for hydroxylation is 1. The van der Waals surface area contributed by atoms with Crippen LogP contribution >= 0.6 is 0 Å². The molecule has 0 aliphatic carbocycles. The molecule has 0 aliphatic heterocycles. The van der Waals surface area contributed by atoms with E-state index in [0.717, 1.165) is 15.4 Å². The summed E-state index contributed by atoms with van der Waals surface area (Å²) in [6.45, 7) is 0.863. The summed E-state index contributed by atoms with van der Waals surface area (Å²) in [5.74, 6) is -1.14. The number of likely N-dealkylation sites (N-methyl/N-ethyl adjacent to an activating group) is 1. The standard InChI is InChI=1S/C34H36FN3O6S/c1-24-14-17-28(18-15-24)45(41,42)38(27-16-19-31(43-3)32(21-27)44-4)23-33(39)37(22-26-12-8-9-13-29(26)35)30(34(40)36-2)20-25-10-6-5-7-11-25/h5-19,21,30H,20,22-23H2,1-4H3,(H,36,40)/t30-/m0/s1. The van der Waals surface area contributed by atoms with Gasteiger partial charge in [-0.15, -0.1) is 0 Å². The quantitative estimate of drug-likeness (QED) is 0.228. The van der Waals surface area contributed by atoms with Crippen LogP contribution in [0.2, 0.25) is 0 Å². The number of ether oxygens (including phenoxy) is 2. The predicted molar refractivity (Wildman–Crippen MR) is 170 cm³/mol. The largest absolute Gasteiger partial charge is 0.493 e. The Morgan fingerprint density at radius 2 is 1.51 bits per heavy atom. The third kappa shape index (κ3) is 7.79. The number of amides is 2. The highest BCUT2D eigenvalue weighted by atomic mass is 32.2. The number of hydrogen-bond acceptors (Lipinski definition) is 6. The Hall–Kier alpha value is -4.90. The molecule has 11 heteroatoms. The topological polar surface area (TPSA) is 105 Å². The number of hydrogen-bond donors (Lipinski definition) is 1. The van der Waals surface area contributed by atoms with Crippen molar-refractivity contribution in [2.45, 2.75) is 30.8 Å². The minimum atomic E-state index is -4.32. The van der Waals surface area contributed by atoms with Gasteiger partial charge in [0, 0.05) is 31.6 Å². The summed E-state index contributed by atoms with van der Waals surface area (Å²) in [7, 11) is -0.00387. The van der Waals surface area contributed by atoms with Gasteiger partial charge < -0.3 is 19.7 Å². The first kappa shape index (κ1) is 33.0. The molecule has 4 aromatic rings. The van der Waals surface area contributed by atoms with Gasteiger partial charge in [-0.05, 0) is 42.8 Å². The summed E-state index contributed by atoms with van der Waals surface area (Å²) in [5, 5.41) is 2.61. The van der Waals surface area contributed by atoms with Crippen molar-refractivity contribution in [3.05, 3.63) is 120 Å². The summed E-state index contributed by atoms with van der Waals surface area (Å²) in [4.78, 5) is 28.9. The van der Waals surface area contributed by atoms with Gasteiger partial charge in [-0.3, -0.25) is 13.9 Å². The summed E-state index contributed by atoms with van der Waals surface area (Å²) in [6, 6.07) is 24.7. The lowest BCUT2D eigenvalue weighted by atomic mass is 10.0. The lowest BCUT2D eigenvalue weighted by molar-refractivity contribution is -0.139. The van der Waals surface area contributed by atoms with Crippen LogP contribution in [0.4, 0.5) is 10.1 Å². The lowest BCUT2D eigenvalue weighted by Crippen LogP contribution is -2.53. The molecule has 45 heavy (non-hydrogen) atoms. The van der Waals surface area contributed by atoms with Gasteiger partial charge in [0.25, 0.3) is 10.0 Å². The van der Waals surface area contributed by atoms with E-state index < -0.39 is 40.2 Å². The number of rotatable bonds is 13. The summed E-state index contributed by atoms with van der Waals surface area (Å²) in [6.07, 6.45) is 0.113. The third-order valence-corrected chi connectivity index (χ3v) is 9.15. The molecule has 0 aromatic heterocycles. The molecule has 0 bridgehead atoms. The Labute approximate surface area is 263 Å². The molecule has 0 unspecified atom stereocenters. The summed E-state index contributed by atoms with van der Waals surface area (Å²) in [5.41, 5.74) is 1.92. The molecule has 1 N–H and O–H groups in total. The number of anilines is 1. The molecular weight excluding hydrogens is 597 g/mol. The molecule has 2 amide bonds. The van der Waals surface area contributed by atoms with E-state index in [0.29, 0.717) is 5.75 Å². The van der Waals surface area contributed by atoms with Gasteiger partial charge in [0.05, 0.1) is 24.8 Å². The third-order valence-electron chi connectivity index (χ3n) is 7.36. The molecule has 4 rings (SSSR count). The number of carbonyl (C=O) groups excluding carboxylic acids is 2. The van der Waals surface area contributed by atoms with Crippen LogP contribution in [-0.2, 0) is 32.6 Å². The van der Waals surface area contributed by atoms with Crippen LogP contribution in [-0.4, -0.2) is 59.0 Å². The van der Waals surface area contributed by atoms with Crippen LogP contribution in [0.5, 0.6) is 11.5 Å². The molecule has 236 valence electrons. The second-order valence-corrected chi connectivity index (χ2v) is 12.2. The van der Waals surface area contributed by atoms with Gasteiger partial charge >= 0.3 is 0 Å². The number of nitrogens with one attached hydrogen (secondary N) is 1. The average Bonchev–Trinajstić information content (AvgIpc) is 3.05. The van der Waals surface area contributed by atoms with Crippen molar-refractivity contribution in [1.29, 1.82) is 0 Å². The number of benzene rings is 4. The van der Waals surface area contributed by atoms with Crippen molar-refractivity contribution in [2.75, 3.05) is 32.1 Å². The van der Waals surface area contributed by atoms with Gasteiger partial charge in [-0.2, -0.15) is 0 Å². The normalized spacial score (nSPS) is 11.8. The fourth-order valence-corrected chi connectivity index (χ4v) is 6.28. The summed E-state index contributed by atoms with van der Waals surface area (Å²) >= 11 is 0. The van der Waals surface area contributed by atoms with E-state index in [1.807, 2.05) is 37.3 Å². The zero-order valence-electron chi connectivity index (χ0n) is 25.6. The van der Waals surface area contributed by atoms with Gasteiger partial charge in [0.2, 0.25) is 11.8 Å². The maximum Gasteiger partial charge on any atom is 0.264 e. The Morgan fingerprint density at radius 1 is 0.867 bits per heavy atom. The Balaban J connectivity index is 1.83. The molecule has 0 saturated carbocycles. The van der Waals surface area contributed by atoms with Crippen molar-refractivity contribution in [2.24, 2.45) is 0 Å². The SMILES string of the molecule is CNC(=O)[C@H](Cc1ccccc1)N(Cc1ccccc1F)C(=O)CN(c1ccc(OC)c(OC)c1)S(=O)(=O)c1ccc(C)cc1. The molecule has 1 atom stereocenters. The van der Waals surface area contributed by atoms with Crippen LogP contribution in [0.1, 0.15) is 16.7 Å². The molecular formula is C34H36FN3O6S. The lowest BCUT2D eigenvalue weighted by Gasteiger charge is -2.33. The molecule has 0 saturated heterocycles. The highest BCUT2D eigenvalue weighted by Gasteiger charge is 2.35. The number of sulfonamides is 1. The van der Waals surface area contributed by atoms with Crippen LogP contribution in [0, 0.1) is 12.7 Å². The van der Waals surface area contributed by atoms with E-state index in [9.17, 15) is 22.4 Å². The first-order valence-corrected chi connectivity index (χ1v) is 15.6. The minimum absolute atomic E-state index is 0.0384. The van der Waals surface area contributed by atoms with Crippen LogP contribution in [0.25, 0.3) is 0 Å². The molecule has 4 aromatic carbocycles. The summed E-state index contributed by atoms with van der Waals surface area (Å²) < 4.78 is 55.0. The zero-order chi connectivity index (χ0) is 32.6. The van der Waals surface area contributed by atoms with Gasteiger partial charge in [-0.25, -0.2) is 12.8 Å². The van der Waals surface area contributed by atoms with E-state index in [1.54, 1.807) is 18.2 Å². The number of halogens is 1. The highest BCUT2D eigenvalue weighted by molar-refractivity contribution is 7.92. The van der Waals surface area contributed by atoms with Crippen molar-refractivity contribution in [3.8, 4) is 11.5 Å². The number of methoxy groups -OCH3 is 2. The maximum absolute atomic E-state index is 14.9. The van der Waals surface area contributed by atoms with E-state index in [1.165, 1.54) is 74.7 Å². The molecule has 0 spiro atoms. The van der Waals surface area contributed by atoms with Crippen molar-refractivity contribution >= 4 is 27.5 Å². The Bertz CT molecular complexity index is 1730. The second kappa shape index (κ2) is 14.7. The van der Waals surface area contributed by atoms with Crippen LogP contribution in [0.15, 0.2) is 102 Å². The van der Waals surface area contributed by atoms with Crippen molar-refractivity contribution in [3.63, 3.8) is 0 Å². The minimum Gasteiger partial charge on any atom is -0.493 e. The van der Waals surface area contributed by atoms with Crippen LogP contribution < -0.4 is 19.1 Å². The number of nitrogens with zero attached hydrogens (tertiary/aromatic N) is 2.